The molecule has 1 saturated carbocycles. The van der Waals surface area contributed by atoms with Crippen molar-refractivity contribution in [1.82, 2.24) is 5.48 Å². The van der Waals surface area contributed by atoms with Crippen molar-refractivity contribution in [2.45, 2.75) is 25.2 Å². The van der Waals surface area contributed by atoms with Crippen LogP contribution in [0.2, 0.25) is 0 Å². The highest BCUT2D eigenvalue weighted by atomic mass is 16.7. The molecular formula is C27H27NO4. The Morgan fingerprint density at radius 1 is 0.969 bits per heavy atom. The van der Waals surface area contributed by atoms with Crippen LogP contribution in [0.5, 0.6) is 5.75 Å². The van der Waals surface area contributed by atoms with Crippen LogP contribution in [0.15, 0.2) is 84.9 Å². The third-order valence-electron chi connectivity index (χ3n) is 5.77. The predicted octanol–water partition coefficient (Wildman–Crippen LogP) is 5.43. The number of carboxylic acid groups (broad SMARTS) is 1. The van der Waals surface area contributed by atoms with Gasteiger partial charge in [0.2, 0.25) is 0 Å². The van der Waals surface area contributed by atoms with Crippen molar-refractivity contribution in [2.24, 2.45) is 0 Å². The van der Waals surface area contributed by atoms with Gasteiger partial charge in [0.1, 0.15) is 19.0 Å². The number of aliphatic carboxylic acids is 1. The maximum atomic E-state index is 11.5. The maximum absolute atomic E-state index is 11.5. The Bertz CT molecular complexity index is 1090. The summed E-state index contributed by atoms with van der Waals surface area (Å²) < 4.78 is 5.76. The minimum absolute atomic E-state index is 0.341. The van der Waals surface area contributed by atoms with Gasteiger partial charge in [0.25, 0.3) is 0 Å². The van der Waals surface area contributed by atoms with Gasteiger partial charge in [-0.05, 0) is 54.2 Å². The topological polar surface area (TPSA) is 67.8 Å². The van der Waals surface area contributed by atoms with Crippen molar-refractivity contribution < 1.29 is 19.5 Å². The van der Waals surface area contributed by atoms with Gasteiger partial charge in [0, 0.05) is 0 Å². The standard InChI is InChI=1S/C27H27NO4/c1-2-25(22-13-11-21(12-14-22)20-7-4-3-5-8-20)28-32-18-17-31-24-10-6-9-23(19-24)27(15-16-27)26(29)30/h2-14,19,28H,15-18H2,1H3,(H,29,30). The Morgan fingerprint density at radius 2 is 1.69 bits per heavy atom. The number of rotatable bonds is 10. The SMILES string of the molecule is CC=C(NOCCOc1cccc(C2(C(=O)O)CC2)c1)c1ccc(-c2ccccc2)cc1. The first kappa shape index (κ1) is 21.7. The summed E-state index contributed by atoms with van der Waals surface area (Å²) in [5.41, 5.74) is 7.33. The summed E-state index contributed by atoms with van der Waals surface area (Å²) in [5, 5.41) is 9.46. The molecule has 0 unspecified atom stereocenters. The van der Waals surface area contributed by atoms with E-state index in [1.807, 2.05) is 55.5 Å². The van der Waals surface area contributed by atoms with E-state index in [4.69, 9.17) is 9.57 Å². The number of hydrogen-bond donors (Lipinski definition) is 2. The van der Waals surface area contributed by atoms with Crippen molar-refractivity contribution in [1.29, 1.82) is 0 Å². The van der Waals surface area contributed by atoms with Crippen molar-refractivity contribution in [3.8, 4) is 16.9 Å². The summed E-state index contributed by atoms with van der Waals surface area (Å²) in [6.07, 6.45) is 3.32. The summed E-state index contributed by atoms with van der Waals surface area (Å²) in [7, 11) is 0. The fourth-order valence-corrected chi connectivity index (χ4v) is 3.72. The van der Waals surface area contributed by atoms with E-state index in [0.717, 1.165) is 22.4 Å². The third kappa shape index (κ3) is 4.84. The van der Waals surface area contributed by atoms with Gasteiger partial charge in [-0.1, -0.05) is 72.8 Å². The molecule has 0 aromatic heterocycles. The quantitative estimate of drug-likeness (QED) is 0.332. The van der Waals surface area contributed by atoms with Crippen LogP contribution >= 0.6 is 0 Å². The van der Waals surface area contributed by atoms with Crippen LogP contribution in [0.3, 0.4) is 0 Å². The zero-order chi connectivity index (χ0) is 22.4. The molecule has 1 aliphatic carbocycles. The fourth-order valence-electron chi connectivity index (χ4n) is 3.72. The third-order valence-corrected chi connectivity index (χ3v) is 5.77. The van der Waals surface area contributed by atoms with E-state index in [9.17, 15) is 9.90 Å². The molecule has 164 valence electrons. The lowest BCUT2D eigenvalue weighted by atomic mass is 9.96. The second-order valence-electron chi connectivity index (χ2n) is 7.86. The van der Waals surface area contributed by atoms with Crippen LogP contribution < -0.4 is 10.2 Å². The highest BCUT2D eigenvalue weighted by molar-refractivity contribution is 5.85. The highest BCUT2D eigenvalue weighted by Gasteiger charge is 2.51. The van der Waals surface area contributed by atoms with Crippen molar-refractivity contribution in [2.75, 3.05) is 13.2 Å². The van der Waals surface area contributed by atoms with E-state index in [-0.39, 0.29) is 0 Å². The summed E-state index contributed by atoms with van der Waals surface area (Å²) >= 11 is 0. The molecule has 3 aromatic carbocycles. The Kier molecular flexibility index (Phi) is 6.57. The van der Waals surface area contributed by atoms with Gasteiger partial charge < -0.3 is 9.84 Å². The van der Waals surface area contributed by atoms with Gasteiger partial charge in [0.05, 0.1) is 11.1 Å². The van der Waals surface area contributed by atoms with Crippen LogP contribution in [0.25, 0.3) is 16.8 Å². The molecule has 2 N–H and O–H groups in total. The zero-order valence-corrected chi connectivity index (χ0v) is 18.1. The van der Waals surface area contributed by atoms with Crippen LogP contribution in [0, 0.1) is 0 Å². The molecule has 1 fully saturated rings. The molecule has 0 amide bonds. The predicted molar refractivity (Wildman–Crippen MR) is 125 cm³/mol. The smallest absolute Gasteiger partial charge is 0.314 e. The summed E-state index contributed by atoms with van der Waals surface area (Å²) in [4.78, 5) is 17.1. The number of carboxylic acids is 1. The summed E-state index contributed by atoms with van der Waals surface area (Å²) in [6.45, 7) is 2.64. The number of ether oxygens (including phenoxy) is 1. The minimum Gasteiger partial charge on any atom is -0.491 e. The summed E-state index contributed by atoms with van der Waals surface area (Å²) in [5.74, 6) is -0.112. The number of allylic oxidation sites excluding steroid dienone is 1. The van der Waals surface area contributed by atoms with E-state index < -0.39 is 11.4 Å². The van der Waals surface area contributed by atoms with Gasteiger partial charge in [-0.3, -0.25) is 15.1 Å². The average molecular weight is 430 g/mol. The first-order chi connectivity index (χ1) is 15.6. The van der Waals surface area contributed by atoms with Crippen LogP contribution in [0.4, 0.5) is 0 Å². The highest BCUT2D eigenvalue weighted by Crippen LogP contribution is 2.49. The van der Waals surface area contributed by atoms with Crippen molar-refractivity contribution >= 4 is 11.7 Å². The molecule has 5 heteroatoms. The van der Waals surface area contributed by atoms with Gasteiger partial charge in [-0.15, -0.1) is 0 Å². The second-order valence-corrected chi connectivity index (χ2v) is 7.86. The molecule has 0 spiro atoms. The molecule has 32 heavy (non-hydrogen) atoms. The van der Waals surface area contributed by atoms with E-state index in [1.165, 1.54) is 5.56 Å². The Balaban J connectivity index is 1.26. The lowest BCUT2D eigenvalue weighted by Crippen LogP contribution is -2.20. The first-order valence-electron chi connectivity index (χ1n) is 10.8. The van der Waals surface area contributed by atoms with E-state index in [0.29, 0.717) is 31.8 Å². The van der Waals surface area contributed by atoms with Crippen molar-refractivity contribution in [3.63, 3.8) is 0 Å². The number of benzene rings is 3. The van der Waals surface area contributed by atoms with Gasteiger partial charge in [-0.2, -0.15) is 0 Å². The molecule has 5 nitrogen and oxygen atoms in total. The lowest BCUT2D eigenvalue weighted by Gasteiger charge is -2.14. The number of hydroxylamine groups is 1. The lowest BCUT2D eigenvalue weighted by molar-refractivity contribution is -0.140. The normalized spacial score (nSPS) is 14.6. The molecule has 0 saturated heterocycles. The molecule has 0 atom stereocenters. The molecule has 0 aliphatic heterocycles. The average Bonchev–Trinajstić information content (AvgIpc) is 3.65. The van der Waals surface area contributed by atoms with Gasteiger partial charge in [0.15, 0.2) is 0 Å². The Morgan fingerprint density at radius 3 is 2.34 bits per heavy atom. The number of nitrogens with one attached hydrogen (secondary N) is 1. The fraction of sp³-hybridized carbons (Fsp3) is 0.222. The monoisotopic (exact) mass is 429 g/mol. The second kappa shape index (κ2) is 9.71. The zero-order valence-electron chi connectivity index (χ0n) is 18.1. The largest absolute Gasteiger partial charge is 0.491 e. The van der Waals surface area contributed by atoms with Crippen LogP contribution in [-0.4, -0.2) is 24.3 Å². The van der Waals surface area contributed by atoms with E-state index in [2.05, 4.69) is 41.9 Å². The molecule has 4 rings (SSSR count). The molecule has 1 aliphatic rings. The van der Waals surface area contributed by atoms with Crippen molar-refractivity contribution in [3.05, 3.63) is 96.1 Å². The van der Waals surface area contributed by atoms with Crippen LogP contribution in [0.1, 0.15) is 30.9 Å². The van der Waals surface area contributed by atoms with Gasteiger partial charge in [-0.25, -0.2) is 0 Å². The summed E-state index contributed by atoms with van der Waals surface area (Å²) in [6, 6.07) is 25.9. The molecule has 0 heterocycles. The van der Waals surface area contributed by atoms with Gasteiger partial charge >= 0.3 is 5.97 Å². The first-order valence-corrected chi connectivity index (χ1v) is 10.8. The molecular weight excluding hydrogens is 402 g/mol. The maximum Gasteiger partial charge on any atom is 0.314 e. The van der Waals surface area contributed by atoms with E-state index >= 15 is 0 Å². The van der Waals surface area contributed by atoms with E-state index in [1.54, 1.807) is 0 Å². The Labute approximate surface area is 188 Å². The van der Waals surface area contributed by atoms with Crippen LogP contribution in [-0.2, 0) is 15.0 Å². The number of carbonyl (C=O) groups is 1. The molecule has 0 bridgehead atoms. The minimum atomic E-state index is -0.766. The molecule has 0 radical (unpaired) electrons. The Hall–Kier alpha value is -3.57. The molecule has 3 aromatic rings. The number of hydrogen-bond acceptors (Lipinski definition) is 4.